The lowest BCUT2D eigenvalue weighted by Crippen LogP contribution is -2.46. The number of likely N-dealkylation sites (tertiary alicyclic amines) is 1. The quantitative estimate of drug-likeness (QED) is 0.699. The minimum absolute atomic E-state index is 0.441. The van der Waals surface area contributed by atoms with Gasteiger partial charge in [0.1, 0.15) is 5.82 Å². The van der Waals surface area contributed by atoms with Crippen molar-refractivity contribution in [2.45, 2.75) is 25.4 Å². The van der Waals surface area contributed by atoms with Crippen LogP contribution in [0.25, 0.3) is 0 Å². The molecule has 7 nitrogen and oxygen atoms in total. The molecular formula is C20H27BrN6O. The fourth-order valence-electron chi connectivity index (χ4n) is 3.86. The van der Waals surface area contributed by atoms with E-state index < -0.39 is 0 Å². The van der Waals surface area contributed by atoms with Gasteiger partial charge in [-0.15, -0.1) is 0 Å². The first-order valence-electron chi connectivity index (χ1n) is 9.90. The second-order valence-corrected chi connectivity index (χ2v) is 8.34. The first-order chi connectivity index (χ1) is 13.7. The molecule has 2 aromatic rings. The molecule has 1 unspecified atom stereocenters. The van der Waals surface area contributed by atoms with Gasteiger partial charge in [-0.3, -0.25) is 9.88 Å². The van der Waals surface area contributed by atoms with Crippen LogP contribution in [0.2, 0.25) is 0 Å². The van der Waals surface area contributed by atoms with Crippen molar-refractivity contribution in [1.82, 2.24) is 19.9 Å². The molecule has 0 saturated carbocycles. The van der Waals surface area contributed by atoms with Crippen molar-refractivity contribution in [2.75, 3.05) is 56.2 Å². The predicted molar refractivity (Wildman–Crippen MR) is 114 cm³/mol. The number of aromatic nitrogens is 3. The normalized spacial score (nSPS) is 20.9. The van der Waals surface area contributed by atoms with Crippen molar-refractivity contribution >= 4 is 27.7 Å². The molecule has 2 fully saturated rings. The zero-order chi connectivity index (χ0) is 19.3. The van der Waals surface area contributed by atoms with Gasteiger partial charge in [0.25, 0.3) is 0 Å². The van der Waals surface area contributed by atoms with Gasteiger partial charge in [0.2, 0.25) is 5.95 Å². The van der Waals surface area contributed by atoms with E-state index in [1.807, 2.05) is 18.5 Å². The van der Waals surface area contributed by atoms with Crippen LogP contribution >= 0.6 is 15.9 Å². The summed E-state index contributed by atoms with van der Waals surface area (Å²) in [4.78, 5) is 20.8. The summed E-state index contributed by atoms with van der Waals surface area (Å²) < 4.78 is 6.46. The number of hydrogen-bond acceptors (Lipinski definition) is 7. The Bertz CT molecular complexity index is 768. The van der Waals surface area contributed by atoms with E-state index in [9.17, 15) is 0 Å². The van der Waals surface area contributed by atoms with Crippen LogP contribution in [0, 0.1) is 0 Å². The molecular weight excluding hydrogens is 420 g/mol. The summed E-state index contributed by atoms with van der Waals surface area (Å²) in [5, 5.41) is 0. The molecule has 1 atom stereocenters. The summed E-state index contributed by atoms with van der Waals surface area (Å²) in [5.74, 6) is 1.80. The second-order valence-electron chi connectivity index (χ2n) is 7.42. The Kier molecular flexibility index (Phi) is 6.39. The van der Waals surface area contributed by atoms with Crippen LogP contribution in [-0.4, -0.2) is 72.3 Å². The number of morpholine rings is 1. The Balaban J connectivity index is 1.41. The molecule has 8 heteroatoms. The van der Waals surface area contributed by atoms with E-state index in [1.165, 1.54) is 12.8 Å². The van der Waals surface area contributed by atoms with E-state index in [1.54, 1.807) is 0 Å². The van der Waals surface area contributed by atoms with Crippen LogP contribution in [0.1, 0.15) is 18.5 Å². The Morgan fingerprint density at radius 1 is 1.18 bits per heavy atom. The van der Waals surface area contributed by atoms with Crippen LogP contribution in [0.15, 0.2) is 35.1 Å². The number of nitrogens with zero attached hydrogens (tertiary/aromatic N) is 6. The third-order valence-electron chi connectivity index (χ3n) is 5.49. The minimum Gasteiger partial charge on any atom is -0.378 e. The molecule has 2 aromatic heterocycles. The highest BCUT2D eigenvalue weighted by atomic mass is 79.9. The fourth-order valence-corrected chi connectivity index (χ4v) is 4.09. The Labute approximate surface area is 174 Å². The maximum Gasteiger partial charge on any atom is 0.227 e. The van der Waals surface area contributed by atoms with Crippen LogP contribution in [0.5, 0.6) is 0 Å². The maximum absolute atomic E-state index is 5.44. The molecule has 4 heterocycles. The van der Waals surface area contributed by atoms with Gasteiger partial charge >= 0.3 is 0 Å². The minimum atomic E-state index is 0.441. The average Bonchev–Trinajstić information content (AvgIpc) is 2.76. The number of anilines is 2. The van der Waals surface area contributed by atoms with Crippen LogP contribution < -0.4 is 9.80 Å². The van der Waals surface area contributed by atoms with Gasteiger partial charge in [0.05, 0.1) is 18.9 Å². The topological polar surface area (TPSA) is 57.6 Å². The zero-order valence-corrected chi connectivity index (χ0v) is 17.9. The SMILES string of the molecule is CN(c1ccnc(N2CCOCC2)n1)C1CCCN(Cc2ccc(Br)cn2)C1. The third kappa shape index (κ3) is 4.79. The predicted octanol–water partition coefficient (Wildman–Crippen LogP) is 2.57. The molecule has 0 aromatic carbocycles. The van der Waals surface area contributed by atoms with Crippen molar-refractivity contribution < 1.29 is 4.74 Å². The summed E-state index contributed by atoms with van der Waals surface area (Å²) in [6, 6.07) is 6.61. The zero-order valence-electron chi connectivity index (χ0n) is 16.3. The van der Waals surface area contributed by atoms with Gasteiger partial charge in [0.15, 0.2) is 0 Å². The number of likely N-dealkylation sites (N-methyl/N-ethyl adjacent to an activating group) is 1. The summed E-state index contributed by atoms with van der Waals surface area (Å²) >= 11 is 3.45. The number of pyridine rings is 1. The Hall–Kier alpha value is -1.77. The molecule has 0 spiro atoms. The first kappa shape index (κ1) is 19.5. The molecule has 2 aliphatic rings. The molecule has 0 N–H and O–H groups in total. The average molecular weight is 447 g/mol. The second kappa shape index (κ2) is 9.15. The molecule has 28 heavy (non-hydrogen) atoms. The van der Waals surface area contributed by atoms with Gasteiger partial charge in [-0.25, -0.2) is 4.98 Å². The number of halogens is 1. The van der Waals surface area contributed by atoms with E-state index in [0.29, 0.717) is 6.04 Å². The molecule has 2 aliphatic heterocycles. The highest BCUT2D eigenvalue weighted by Crippen LogP contribution is 2.22. The van der Waals surface area contributed by atoms with Gasteiger partial charge in [0, 0.05) is 56.1 Å². The van der Waals surface area contributed by atoms with Crippen molar-refractivity contribution in [2.24, 2.45) is 0 Å². The highest BCUT2D eigenvalue weighted by molar-refractivity contribution is 9.10. The molecule has 0 amide bonds. The summed E-state index contributed by atoms with van der Waals surface area (Å²) in [5.41, 5.74) is 1.11. The van der Waals surface area contributed by atoms with Crippen molar-refractivity contribution in [3.63, 3.8) is 0 Å². The lowest BCUT2D eigenvalue weighted by atomic mass is 10.0. The molecule has 0 radical (unpaired) electrons. The largest absolute Gasteiger partial charge is 0.378 e. The van der Waals surface area contributed by atoms with Gasteiger partial charge in [-0.05, 0) is 53.5 Å². The fraction of sp³-hybridized carbons (Fsp3) is 0.550. The van der Waals surface area contributed by atoms with Crippen LogP contribution in [-0.2, 0) is 11.3 Å². The molecule has 4 rings (SSSR count). The molecule has 2 saturated heterocycles. The summed E-state index contributed by atoms with van der Waals surface area (Å²) in [7, 11) is 2.15. The van der Waals surface area contributed by atoms with E-state index >= 15 is 0 Å². The number of rotatable bonds is 5. The van der Waals surface area contributed by atoms with Crippen molar-refractivity contribution in [1.29, 1.82) is 0 Å². The molecule has 150 valence electrons. The summed E-state index contributed by atoms with van der Waals surface area (Å²) in [6.45, 7) is 6.21. The number of hydrogen-bond donors (Lipinski definition) is 0. The van der Waals surface area contributed by atoms with E-state index in [-0.39, 0.29) is 0 Å². The van der Waals surface area contributed by atoms with Gasteiger partial charge < -0.3 is 14.5 Å². The van der Waals surface area contributed by atoms with Crippen molar-refractivity contribution in [3.8, 4) is 0 Å². The summed E-state index contributed by atoms with van der Waals surface area (Å²) in [6.07, 6.45) is 6.11. The van der Waals surface area contributed by atoms with Gasteiger partial charge in [-0.2, -0.15) is 4.98 Å². The highest BCUT2D eigenvalue weighted by Gasteiger charge is 2.25. The van der Waals surface area contributed by atoms with Crippen LogP contribution in [0.4, 0.5) is 11.8 Å². The maximum atomic E-state index is 5.44. The lowest BCUT2D eigenvalue weighted by molar-refractivity contribution is 0.122. The molecule has 0 aliphatic carbocycles. The third-order valence-corrected chi connectivity index (χ3v) is 5.96. The lowest BCUT2D eigenvalue weighted by Gasteiger charge is -2.38. The number of piperidine rings is 1. The van der Waals surface area contributed by atoms with E-state index in [0.717, 1.165) is 67.9 Å². The monoisotopic (exact) mass is 446 g/mol. The molecule has 0 bridgehead atoms. The van der Waals surface area contributed by atoms with E-state index in [4.69, 9.17) is 9.72 Å². The smallest absolute Gasteiger partial charge is 0.227 e. The van der Waals surface area contributed by atoms with Crippen molar-refractivity contribution in [3.05, 3.63) is 40.8 Å². The van der Waals surface area contributed by atoms with Gasteiger partial charge in [-0.1, -0.05) is 0 Å². The van der Waals surface area contributed by atoms with Crippen LogP contribution in [0.3, 0.4) is 0 Å². The van der Waals surface area contributed by atoms with E-state index in [2.05, 4.69) is 59.8 Å². The standard InChI is InChI=1S/C20H27BrN6O/c1-25(19-6-7-22-20(24-19)27-9-11-28-12-10-27)18-3-2-8-26(15-18)14-17-5-4-16(21)13-23-17/h4-7,13,18H,2-3,8-12,14-15H2,1H3. The Morgan fingerprint density at radius 2 is 2.04 bits per heavy atom. The number of ether oxygens (including phenoxy) is 1. The first-order valence-corrected chi connectivity index (χ1v) is 10.7. The Morgan fingerprint density at radius 3 is 2.82 bits per heavy atom.